The van der Waals surface area contributed by atoms with E-state index in [4.69, 9.17) is 5.73 Å². The van der Waals surface area contributed by atoms with Crippen molar-refractivity contribution in [2.45, 2.75) is 45.4 Å². The summed E-state index contributed by atoms with van der Waals surface area (Å²) in [5.74, 6) is 0. The van der Waals surface area contributed by atoms with Crippen molar-refractivity contribution in [3.8, 4) is 0 Å². The first-order valence-electron chi connectivity index (χ1n) is 7.51. The highest BCUT2D eigenvalue weighted by atomic mass is 15.3. The molecule has 1 rings (SSSR count). The standard InChI is InChI=1S/C14H31N3/c1-2-3-6-9-16-11-13-17(14-12-16)10-7-4-5-8-15/h2-15H2,1H3. The van der Waals surface area contributed by atoms with Crippen molar-refractivity contribution in [1.82, 2.24) is 9.80 Å². The third-order valence-electron chi connectivity index (χ3n) is 3.72. The van der Waals surface area contributed by atoms with E-state index in [2.05, 4.69) is 16.7 Å². The smallest absolute Gasteiger partial charge is 0.0110 e. The minimum absolute atomic E-state index is 0.852. The zero-order valence-electron chi connectivity index (χ0n) is 11.7. The first-order valence-corrected chi connectivity index (χ1v) is 7.51. The predicted molar refractivity (Wildman–Crippen MR) is 75.3 cm³/mol. The minimum Gasteiger partial charge on any atom is -0.330 e. The van der Waals surface area contributed by atoms with Gasteiger partial charge < -0.3 is 15.5 Å². The lowest BCUT2D eigenvalue weighted by atomic mass is 10.2. The maximum atomic E-state index is 5.50. The molecule has 0 bridgehead atoms. The van der Waals surface area contributed by atoms with Crippen molar-refractivity contribution in [3.63, 3.8) is 0 Å². The van der Waals surface area contributed by atoms with E-state index < -0.39 is 0 Å². The van der Waals surface area contributed by atoms with Gasteiger partial charge in [0.15, 0.2) is 0 Å². The lowest BCUT2D eigenvalue weighted by molar-refractivity contribution is 0.129. The Morgan fingerprint density at radius 2 is 1.29 bits per heavy atom. The molecule has 2 N–H and O–H groups in total. The molecule has 0 atom stereocenters. The fraction of sp³-hybridized carbons (Fsp3) is 1.00. The van der Waals surface area contributed by atoms with Crippen molar-refractivity contribution in [2.24, 2.45) is 5.73 Å². The number of rotatable bonds is 9. The van der Waals surface area contributed by atoms with Gasteiger partial charge in [0.25, 0.3) is 0 Å². The van der Waals surface area contributed by atoms with Crippen molar-refractivity contribution < 1.29 is 0 Å². The molecule has 0 saturated carbocycles. The first kappa shape index (κ1) is 14.9. The Hall–Kier alpha value is -0.120. The van der Waals surface area contributed by atoms with Crippen LogP contribution in [-0.4, -0.2) is 55.6 Å². The Bertz CT molecular complexity index is 165. The Kier molecular flexibility index (Phi) is 8.67. The zero-order valence-corrected chi connectivity index (χ0v) is 11.7. The largest absolute Gasteiger partial charge is 0.330 e. The fourth-order valence-electron chi connectivity index (χ4n) is 2.48. The van der Waals surface area contributed by atoms with Gasteiger partial charge in [-0.3, -0.25) is 0 Å². The summed E-state index contributed by atoms with van der Waals surface area (Å²) in [6, 6.07) is 0. The summed E-state index contributed by atoms with van der Waals surface area (Å²) in [4.78, 5) is 5.25. The van der Waals surface area contributed by atoms with Crippen LogP contribution in [0.2, 0.25) is 0 Å². The van der Waals surface area contributed by atoms with Crippen LogP contribution in [0.5, 0.6) is 0 Å². The molecule has 1 aliphatic heterocycles. The maximum Gasteiger partial charge on any atom is 0.0110 e. The fourth-order valence-corrected chi connectivity index (χ4v) is 2.48. The second-order valence-corrected chi connectivity index (χ2v) is 5.24. The lowest BCUT2D eigenvalue weighted by Crippen LogP contribution is -2.46. The van der Waals surface area contributed by atoms with Gasteiger partial charge in [0.2, 0.25) is 0 Å². The van der Waals surface area contributed by atoms with Crippen LogP contribution < -0.4 is 5.73 Å². The molecule has 0 aromatic rings. The van der Waals surface area contributed by atoms with Crippen LogP contribution in [-0.2, 0) is 0 Å². The van der Waals surface area contributed by atoms with Gasteiger partial charge in [0.1, 0.15) is 0 Å². The molecule has 0 aromatic carbocycles. The maximum absolute atomic E-state index is 5.50. The van der Waals surface area contributed by atoms with Crippen LogP contribution in [0.3, 0.4) is 0 Å². The molecule has 1 saturated heterocycles. The van der Waals surface area contributed by atoms with Crippen LogP contribution in [0, 0.1) is 0 Å². The molecule has 0 aromatic heterocycles. The number of hydrogen-bond donors (Lipinski definition) is 1. The zero-order chi connectivity index (χ0) is 12.3. The van der Waals surface area contributed by atoms with Crippen LogP contribution in [0.25, 0.3) is 0 Å². The third-order valence-corrected chi connectivity index (χ3v) is 3.72. The highest BCUT2D eigenvalue weighted by Crippen LogP contribution is 2.06. The summed E-state index contributed by atoms with van der Waals surface area (Å²) in [7, 11) is 0. The first-order chi connectivity index (χ1) is 8.36. The Morgan fingerprint density at radius 3 is 1.76 bits per heavy atom. The van der Waals surface area contributed by atoms with Crippen molar-refractivity contribution >= 4 is 0 Å². The molecule has 0 spiro atoms. The van der Waals surface area contributed by atoms with E-state index in [0.717, 1.165) is 6.54 Å². The van der Waals surface area contributed by atoms with Gasteiger partial charge in [0, 0.05) is 26.2 Å². The van der Waals surface area contributed by atoms with E-state index in [1.54, 1.807) is 0 Å². The van der Waals surface area contributed by atoms with E-state index in [0.29, 0.717) is 0 Å². The van der Waals surface area contributed by atoms with Crippen LogP contribution >= 0.6 is 0 Å². The molecular weight excluding hydrogens is 210 g/mol. The summed E-state index contributed by atoms with van der Waals surface area (Å²) in [5.41, 5.74) is 5.50. The van der Waals surface area contributed by atoms with Crippen molar-refractivity contribution in [1.29, 1.82) is 0 Å². The molecule has 1 fully saturated rings. The molecule has 0 aliphatic carbocycles. The topological polar surface area (TPSA) is 32.5 Å². The molecule has 17 heavy (non-hydrogen) atoms. The van der Waals surface area contributed by atoms with E-state index >= 15 is 0 Å². The molecule has 1 aliphatic rings. The normalized spacial score (nSPS) is 18.7. The molecule has 0 radical (unpaired) electrons. The molecular formula is C14H31N3. The summed E-state index contributed by atoms with van der Waals surface area (Å²) in [5, 5.41) is 0. The Balaban J connectivity index is 1.97. The highest BCUT2D eigenvalue weighted by molar-refractivity contribution is 4.71. The van der Waals surface area contributed by atoms with Gasteiger partial charge in [-0.2, -0.15) is 0 Å². The molecule has 0 amide bonds. The van der Waals surface area contributed by atoms with Gasteiger partial charge >= 0.3 is 0 Å². The average molecular weight is 241 g/mol. The second kappa shape index (κ2) is 9.86. The van der Waals surface area contributed by atoms with Crippen molar-refractivity contribution in [2.75, 3.05) is 45.8 Å². The monoisotopic (exact) mass is 241 g/mol. The Morgan fingerprint density at radius 1 is 0.765 bits per heavy atom. The molecule has 3 heteroatoms. The van der Waals surface area contributed by atoms with Gasteiger partial charge in [-0.25, -0.2) is 0 Å². The molecule has 3 nitrogen and oxygen atoms in total. The van der Waals surface area contributed by atoms with Gasteiger partial charge in [0.05, 0.1) is 0 Å². The number of nitrogens with two attached hydrogens (primary N) is 1. The van der Waals surface area contributed by atoms with Crippen molar-refractivity contribution in [3.05, 3.63) is 0 Å². The molecule has 102 valence electrons. The van der Waals surface area contributed by atoms with Crippen LogP contribution in [0.4, 0.5) is 0 Å². The summed E-state index contributed by atoms with van der Waals surface area (Å²) in [6.45, 7) is 10.8. The summed E-state index contributed by atoms with van der Waals surface area (Å²) >= 11 is 0. The highest BCUT2D eigenvalue weighted by Gasteiger charge is 2.15. The third kappa shape index (κ3) is 7.02. The van der Waals surface area contributed by atoms with E-state index in [-0.39, 0.29) is 0 Å². The SMILES string of the molecule is CCCCCN1CCN(CCCCCN)CC1. The van der Waals surface area contributed by atoms with E-state index in [1.165, 1.54) is 77.8 Å². The van der Waals surface area contributed by atoms with E-state index in [1.807, 2.05) is 0 Å². The van der Waals surface area contributed by atoms with E-state index in [9.17, 15) is 0 Å². The Labute approximate surface area is 107 Å². The number of nitrogens with zero attached hydrogens (tertiary/aromatic N) is 2. The van der Waals surface area contributed by atoms with Crippen LogP contribution in [0.15, 0.2) is 0 Å². The average Bonchev–Trinajstić information content (AvgIpc) is 2.37. The van der Waals surface area contributed by atoms with Crippen LogP contribution in [0.1, 0.15) is 45.4 Å². The summed E-state index contributed by atoms with van der Waals surface area (Å²) in [6.07, 6.45) is 7.92. The lowest BCUT2D eigenvalue weighted by Gasteiger charge is -2.34. The quantitative estimate of drug-likeness (QED) is 0.626. The summed E-state index contributed by atoms with van der Waals surface area (Å²) < 4.78 is 0. The number of piperazine rings is 1. The second-order valence-electron chi connectivity index (χ2n) is 5.24. The number of hydrogen-bond acceptors (Lipinski definition) is 3. The van der Waals surface area contributed by atoms with Gasteiger partial charge in [-0.05, 0) is 38.9 Å². The van der Waals surface area contributed by atoms with Gasteiger partial charge in [-0.15, -0.1) is 0 Å². The number of unbranched alkanes of at least 4 members (excludes halogenated alkanes) is 4. The van der Waals surface area contributed by atoms with Gasteiger partial charge in [-0.1, -0.05) is 26.2 Å². The predicted octanol–water partition coefficient (Wildman–Crippen LogP) is 1.92. The minimum atomic E-state index is 0.852. The molecule has 0 unspecified atom stereocenters. The molecule has 1 heterocycles.